The van der Waals surface area contributed by atoms with Gasteiger partial charge in [0.1, 0.15) is 0 Å². The van der Waals surface area contributed by atoms with E-state index < -0.39 is 76.6 Å². The standard InChI is InChI=1S/C13H16F7NO7S/c1-7(2)8(22)28-11(9(21)23,12(16,17)18)27-6-4-3-5-10(14,15)13(19,20)29(24,25)26/h1,3-6H2,2H3,(H2,21,23)(H,24,25,26). The van der Waals surface area contributed by atoms with Crippen molar-refractivity contribution < 1.29 is 62.8 Å². The second kappa shape index (κ2) is 8.83. The van der Waals surface area contributed by atoms with Gasteiger partial charge in [-0.15, -0.1) is 0 Å². The highest BCUT2D eigenvalue weighted by molar-refractivity contribution is 7.87. The first-order chi connectivity index (χ1) is 12.7. The molecule has 1 unspecified atom stereocenters. The van der Waals surface area contributed by atoms with Gasteiger partial charge in [-0.25, -0.2) is 4.79 Å². The summed E-state index contributed by atoms with van der Waals surface area (Å²) in [7, 11) is -6.47. The molecule has 0 rings (SSSR count). The van der Waals surface area contributed by atoms with E-state index in [1.165, 1.54) is 0 Å². The summed E-state index contributed by atoms with van der Waals surface area (Å²) in [5.41, 5.74) is 4.02. The third-order valence-corrected chi connectivity index (χ3v) is 4.17. The normalized spacial score (nSPS) is 15.5. The van der Waals surface area contributed by atoms with Crippen molar-refractivity contribution in [2.75, 3.05) is 6.61 Å². The molecule has 0 aromatic rings. The number of carbonyl (C=O) groups excluding carboxylic acids is 2. The topological polar surface area (TPSA) is 133 Å². The average molecular weight is 463 g/mol. The molecule has 0 saturated carbocycles. The van der Waals surface area contributed by atoms with Gasteiger partial charge in [-0.2, -0.15) is 39.2 Å². The van der Waals surface area contributed by atoms with E-state index >= 15 is 0 Å². The van der Waals surface area contributed by atoms with Crippen LogP contribution in [0.25, 0.3) is 0 Å². The van der Waals surface area contributed by atoms with Crippen molar-refractivity contribution in [1.82, 2.24) is 0 Å². The van der Waals surface area contributed by atoms with Crippen LogP contribution in [0.1, 0.15) is 26.2 Å². The molecule has 0 heterocycles. The number of hydrogen-bond donors (Lipinski definition) is 2. The molecule has 0 aromatic heterocycles. The molecule has 8 nitrogen and oxygen atoms in total. The minimum absolute atomic E-state index is 0.574. The smallest absolute Gasteiger partial charge is 0.412 e. The highest BCUT2D eigenvalue weighted by atomic mass is 32.2. The highest BCUT2D eigenvalue weighted by Crippen LogP contribution is 2.42. The third-order valence-electron chi connectivity index (χ3n) is 3.22. The SMILES string of the molecule is C=C(C)C(=O)OC(OCCCCC(F)(F)C(F)(F)S(=O)(=O)O)(C(N)=O)C(F)(F)F. The Labute approximate surface area is 159 Å². The Morgan fingerprint density at radius 3 is 1.90 bits per heavy atom. The molecule has 0 bridgehead atoms. The molecule has 16 heteroatoms. The Hall–Kier alpha value is -1.94. The molecular formula is C13H16F7NO7S. The van der Waals surface area contributed by atoms with Crippen molar-refractivity contribution in [2.24, 2.45) is 5.73 Å². The zero-order valence-electron chi connectivity index (χ0n) is 14.6. The van der Waals surface area contributed by atoms with Gasteiger partial charge in [0.2, 0.25) is 0 Å². The van der Waals surface area contributed by atoms with Crippen LogP contribution in [0.4, 0.5) is 30.7 Å². The predicted octanol–water partition coefficient (Wildman–Crippen LogP) is 2.15. The minimum Gasteiger partial charge on any atom is -0.412 e. The fraction of sp³-hybridized carbons (Fsp3) is 0.692. The van der Waals surface area contributed by atoms with Crippen molar-refractivity contribution in [3.63, 3.8) is 0 Å². The van der Waals surface area contributed by atoms with Crippen LogP contribution in [0, 0.1) is 0 Å². The Bertz CT molecular complexity index is 751. The van der Waals surface area contributed by atoms with E-state index in [2.05, 4.69) is 21.8 Å². The van der Waals surface area contributed by atoms with E-state index in [-0.39, 0.29) is 0 Å². The lowest BCUT2D eigenvalue weighted by atomic mass is 10.1. The van der Waals surface area contributed by atoms with Gasteiger partial charge in [0, 0.05) is 12.0 Å². The molecule has 29 heavy (non-hydrogen) atoms. The first-order valence-electron chi connectivity index (χ1n) is 7.35. The van der Waals surface area contributed by atoms with Gasteiger partial charge in [-0.05, 0) is 19.8 Å². The Morgan fingerprint density at radius 1 is 1.07 bits per heavy atom. The number of nitrogens with two attached hydrogens (primary N) is 1. The number of hydrogen-bond acceptors (Lipinski definition) is 6. The molecule has 0 saturated heterocycles. The van der Waals surface area contributed by atoms with Crippen LogP contribution in [0.2, 0.25) is 0 Å². The zero-order valence-corrected chi connectivity index (χ0v) is 15.4. The lowest BCUT2D eigenvalue weighted by Gasteiger charge is -2.31. The van der Waals surface area contributed by atoms with E-state index in [0.29, 0.717) is 0 Å². The summed E-state index contributed by atoms with van der Waals surface area (Å²) in [5, 5.41) is -5.85. The summed E-state index contributed by atoms with van der Waals surface area (Å²) >= 11 is 0. The summed E-state index contributed by atoms with van der Waals surface area (Å²) in [6.07, 6.45) is -9.48. The summed E-state index contributed by atoms with van der Waals surface area (Å²) in [6.45, 7) is 2.68. The first-order valence-corrected chi connectivity index (χ1v) is 8.79. The molecule has 0 fully saturated rings. The van der Waals surface area contributed by atoms with Crippen molar-refractivity contribution in [3.05, 3.63) is 12.2 Å². The molecule has 0 aromatic carbocycles. The third kappa shape index (κ3) is 6.02. The minimum atomic E-state index is -6.47. The van der Waals surface area contributed by atoms with Crippen molar-refractivity contribution in [1.29, 1.82) is 0 Å². The number of esters is 1. The van der Waals surface area contributed by atoms with Gasteiger partial charge in [0.15, 0.2) is 0 Å². The van der Waals surface area contributed by atoms with E-state index in [9.17, 15) is 48.7 Å². The maximum absolute atomic E-state index is 13.3. The van der Waals surface area contributed by atoms with Crippen LogP contribution in [0.3, 0.4) is 0 Å². The average Bonchev–Trinajstić information content (AvgIpc) is 2.50. The van der Waals surface area contributed by atoms with E-state index in [4.69, 9.17) is 4.55 Å². The van der Waals surface area contributed by atoms with Gasteiger partial charge < -0.3 is 15.2 Å². The fourth-order valence-electron chi connectivity index (χ4n) is 1.65. The second-order valence-electron chi connectivity index (χ2n) is 5.65. The van der Waals surface area contributed by atoms with E-state index in [1.54, 1.807) is 0 Å². The van der Waals surface area contributed by atoms with Crippen LogP contribution >= 0.6 is 0 Å². The fourth-order valence-corrected chi connectivity index (χ4v) is 2.13. The van der Waals surface area contributed by atoms with Gasteiger partial charge in [0.25, 0.3) is 0 Å². The molecular weight excluding hydrogens is 447 g/mol. The summed E-state index contributed by atoms with van der Waals surface area (Å²) in [5.74, 6) is -13.6. The molecule has 0 aliphatic rings. The number of unbranched alkanes of at least 4 members (excludes halogenated alkanes) is 1. The summed E-state index contributed by atoms with van der Waals surface area (Å²) < 4.78 is 129. The molecule has 0 spiro atoms. The quantitative estimate of drug-likeness (QED) is 0.120. The number of primary amides is 1. The lowest BCUT2D eigenvalue weighted by molar-refractivity contribution is -0.346. The van der Waals surface area contributed by atoms with Crippen molar-refractivity contribution in [3.8, 4) is 0 Å². The second-order valence-corrected chi connectivity index (χ2v) is 7.11. The van der Waals surface area contributed by atoms with Crippen LogP contribution in [-0.4, -0.2) is 54.6 Å². The van der Waals surface area contributed by atoms with Crippen LogP contribution in [0.15, 0.2) is 12.2 Å². The zero-order chi connectivity index (χ0) is 23.5. The predicted molar refractivity (Wildman–Crippen MR) is 80.1 cm³/mol. The van der Waals surface area contributed by atoms with E-state index in [1.807, 2.05) is 0 Å². The summed E-state index contributed by atoms with van der Waals surface area (Å²) in [6, 6.07) is 0. The molecule has 0 radical (unpaired) electrons. The van der Waals surface area contributed by atoms with Crippen LogP contribution in [0.5, 0.6) is 0 Å². The van der Waals surface area contributed by atoms with Crippen molar-refractivity contribution >= 4 is 22.0 Å². The lowest BCUT2D eigenvalue weighted by Crippen LogP contribution is -2.60. The number of alkyl halides is 7. The van der Waals surface area contributed by atoms with Crippen LogP contribution in [-0.2, 0) is 29.2 Å². The number of carbonyl (C=O) groups is 2. The molecule has 1 atom stereocenters. The van der Waals surface area contributed by atoms with Gasteiger partial charge >= 0.3 is 45.1 Å². The molecule has 3 N–H and O–H groups in total. The monoisotopic (exact) mass is 463 g/mol. The molecule has 170 valence electrons. The highest BCUT2D eigenvalue weighted by Gasteiger charge is 2.66. The van der Waals surface area contributed by atoms with Gasteiger partial charge in [0.05, 0.1) is 6.61 Å². The van der Waals surface area contributed by atoms with E-state index in [0.717, 1.165) is 6.92 Å². The maximum Gasteiger partial charge on any atom is 0.466 e. The Morgan fingerprint density at radius 2 is 1.55 bits per heavy atom. The molecule has 0 aliphatic carbocycles. The number of halogens is 7. The largest absolute Gasteiger partial charge is 0.466 e. The maximum atomic E-state index is 13.3. The van der Waals surface area contributed by atoms with Crippen molar-refractivity contribution in [2.45, 2.75) is 49.3 Å². The number of amides is 1. The van der Waals surface area contributed by atoms with Gasteiger partial charge in [-0.1, -0.05) is 6.58 Å². The number of rotatable bonds is 11. The number of ether oxygens (including phenoxy) is 2. The summed E-state index contributed by atoms with van der Waals surface area (Å²) in [4.78, 5) is 22.6. The first kappa shape index (κ1) is 27.1. The van der Waals surface area contributed by atoms with Gasteiger partial charge in [-0.3, -0.25) is 9.35 Å². The Kier molecular flexibility index (Phi) is 8.24. The molecule has 1 amide bonds. The van der Waals surface area contributed by atoms with Crippen LogP contribution < -0.4 is 5.73 Å². The molecule has 0 aliphatic heterocycles. The Balaban J connectivity index is 5.22.